The first-order chi connectivity index (χ1) is 9.49. The molecule has 2 rings (SSSR count). The van der Waals surface area contributed by atoms with Gasteiger partial charge in [0.15, 0.2) is 0 Å². The van der Waals surface area contributed by atoms with Crippen molar-refractivity contribution in [2.24, 2.45) is 11.7 Å². The number of hydrogen-bond acceptors (Lipinski definition) is 4. The molecule has 1 aliphatic heterocycles. The molecule has 1 atom stereocenters. The molecule has 2 aliphatic rings. The van der Waals surface area contributed by atoms with Gasteiger partial charge in [-0.05, 0) is 38.0 Å². The van der Waals surface area contributed by atoms with Crippen molar-refractivity contribution >= 4 is 15.9 Å². The number of nitrogens with two attached hydrogens (primary N) is 1. The average Bonchev–Trinajstić information content (AvgIpc) is 3.09. The largest absolute Gasteiger partial charge is 0.355 e. The van der Waals surface area contributed by atoms with Gasteiger partial charge in [0.1, 0.15) is 0 Å². The Morgan fingerprint density at radius 2 is 1.95 bits per heavy atom. The first-order valence-electron chi connectivity index (χ1n) is 7.49. The van der Waals surface area contributed by atoms with E-state index in [1.165, 1.54) is 4.31 Å². The molecule has 1 saturated heterocycles. The van der Waals surface area contributed by atoms with Gasteiger partial charge in [-0.25, -0.2) is 12.7 Å². The summed E-state index contributed by atoms with van der Waals surface area (Å²) in [7, 11) is -3.16. The summed E-state index contributed by atoms with van der Waals surface area (Å²) in [4.78, 5) is 11.6. The van der Waals surface area contributed by atoms with Gasteiger partial charge in [0.25, 0.3) is 0 Å². The summed E-state index contributed by atoms with van der Waals surface area (Å²) < 4.78 is 25.4. The molecule has 0 aromatic carbocycles. The van der Waals surface area contributed by atoms with Crippen LogP contribution in [0.2, 0.25) is 0 Å². The van der Waals surface area contributed by atoms with Crippen LogP contribution in [0.3, 0.4) is 0 Å². The molecule has 3 N–H and O–H groups in total. The van der Waals surface area contributed by atoms with Gasteiger partial charge in [-0.3, -0.25) is 4.79 Å². The van der Waals surface area contributed by atoms with E-state index in [0.717, 1.165) is 25.7 Å². The van der Waals surface area contributed by atoms with Crippen LogP contribution in [0, 0.1) is 5.92 Å². The molecule has 1 unspecified atom stereocenters. The number of nitrogens with one attached hydrogen (secondary N) is 1. The molecule has 6 nitrogen and oxygen atoms in total. The lowest BCUT2D eigenvalue weighted by Crippen LogP contribution is -2.38. The standard InChI is InChI=1S/C13H25N3O3S/c14-12(11-5-6-11)10-15-13(17)4-3-9-20(18,19)16-7-1-2-8-16/h11-12H,1-10,14H2,(H,15,17). The van der Waals surface area contributed by atoms with E-state index in [0.29, 0.717) is 32.0 Å². The molecular formula is C13H25N3O3S. The minimum atomic E-state index is -3.16. The van der Waals surface area contributed by atoms with Crippen LogP contribution in [0.5, 0.6) is 0 Å². The second kappa shape index (κ2) is 6.87. The Balaban J connectivity index is 1.60. The summed E-state index contributed by atoms with van der Waals surface area (Å²) in [6.45, 7) is 1.76. The Kier molecular flexibility index (Phi) is 5.40. The summed E-state index contributed by atoms with van der Waals surface area (Å²) in [5.41, 5.74) is 5.89. The first-order valence-corrected chi connectivity index (χ1v) is 9.10. The highest BCUT2D eigenvalue weighted by Gasteiger charge is 2.28. The number of sulfonamides is 1. The summed E-state index contributed by atoms with van der Waals surface area (Å²) in [6, 6.07) is 0.0484. The Morgan fingerprint density at radius 1 is 1.30 bits per heavy atom. The fourth-order valence-electron chi connectivity index (χ4n) is 2.52. The molecule has 0 radical (unpaired) electrons. The summed E-state index contributed by atoms with van der Waals surface area (Å²) in [5, 5.41) is 2.79. The van der Waals surface area contributed by atoms with Crippen LogP contribution in [0.4, 0.5) is 0 Å². The zero-order chi connectivity index (χ0) is 14.6. The minimum Gasteiger partial charge on any atom is -0.355 e. The maximum absolute atomic E-state index is 12.0. The third-order valence-electron chi connectivity index (χ3n) is 4.03. The molecule has 1 heterocycles. The molecule has 7 heteroatoms. The number of hydrogen-bond donors (Lipinski definition) is 2. The topological polar surface area (TPSA) is 92.5 Å². The molecule has 0 aromatic heterocycles. The van der Waals surface area contributed by atoms with E-state index < -0.39 is 10.0 Å². The second-order valence-corrected chi connectivity index (χ2v) is 7.92. The number of carbonyl (C=O) groups excluding carboxylic acids is 1. The van der Waals surface area contributed by atoms with Gasteiger partial charge in [0.2, 0.25) is 15.9 Å². The molecule has 0 bridgehead atoms. The van der Waals surface area contributed by atoms with Crippen molar-refractivity contribution in [3.63, 3.8) is 0 Å². The minimum absolute atomic E-state index is 0.0484. The fourth-order valence-corrected chi connectivity index (χ4v) is 4.10. The molecule has 1 amide bonds. The van der Waals surface area contributed by atoms with Gasteiger partial charge < -0.3 is 11.1 Å². The second-order valence-electron chi connectivity index (χ2n) is 5.83. The Hall–Kier alpha value is -0.660. The number of carbonyl (C=O) groups is 1. The molecule has 116 valence electrons. The Morgan fingerprint density at radius 3 is 2.55 bits per heavy atom. The summed E-state index contributed by atoms with van der Waals surface area (Å²) >= 11 is 0. The zero-order valence-electron chi connectivity index (χ0n) is 11.9. The fraction of sp³-hybridized carbons (Fsp3) is 0.923. The van der Waals surface area contributed by atoms with Crippen LogP contribution >= 0.6 is 0 Å². The van der Waals surface area contributed by atoms with Crippen LogP contribution in [-0.4, -0.2) is 50.1 Å². The van der Waals surface area contributed by atoms with Crippen molar-refractivity contribution in [3.05, 3.63) is 0 Å². The van der Waals surface area contributed by atoms with Crippen molar-refractivity contribution in [2.75, 3.05) is 25.4 Å². The lowest BCUT2D eigenvalue weighted by molar-refractivity contribution is -0.121. The van der Waals surface area contributed by atoms with Gasteiger partial charge in [-0.1, -0.05) is 0 Å². The van der Waals surface area contributed by atoms with Crippen LogP contribution < -0.4 is 11.1 Å². The van der Waals surface area contributed by atoms with E-state index >= 15 is 0 Å². The van der Waals surface area contributed by atoms with E-state index in [1.807, 2.05) is 0 Å². The zero-order valence-corrected chi connectivity index (χ0v) is 12.7. The van der Waals surface area contributed by atoms with Crippen LogP contribution in [-0.2, 0) is 14.8 Å². The SMILES string of the molecule is NC(CNC(=O)CCCS(=O)(=O)N1CCCC1)C1CC1. The van der Waals surface area contributed by atoms with E-state index in [-0.39, 0.29) is 24.1 Å². The van der Waals surface area contributed by atoms with Gasteiger partial charge in [0.05, 0.1) is 5.75 Å². The van der Waals surface area contributed by atoms with E-state index in [2.05, 4.69) is 5.32 Å². The smallest absolute Gasteiger partial charge is 0.220 e. The predicted molar refractivity (Wildman–Crippen MR) is 77.5 cm³/mol. The van der Waals surface area contributed by atoms with Gasteiger partial charge in [-0.2, -0.15) is 0 Å². The van der Waals surface area contributed by atoms with Crippen molar-refractivity contribution in [3.8, 4) is 0 Å². The van der Waals surface area contributed by atoms with Crippen LogP contribution in [0.25, 0.3) is 0 Å². The highest BCUT2D eigenvalue weighted by molar-refractivity contribution is 7.89. The van der Waals surface area contributed by atoms with Gasteiger partial charge in [-0.15, -0.1) is 0 Å². The number of nitrogens with zero attached hydrogens (tertiary/aromatic N) is 1. The maximum Gasteiger partial charge on any atom is 0.220 e. The molecule has 1 saturated carbocycles. The average molecular weight is 303 g/mol. The number of rotatable bonds is 8. The van der Waals surface area contributed by atoms with Crippen molar-refractivity contribution in [2.45, 2.75) is 44.6 Å². The summed E-state index contributed by atoms with van der Waals surface area (Å²) in [5.74, 6) is 0.526. The van der Waals surface area contributed by atoms with Crippen LogP contribution in [0.1, 0.15) is 38.5 Å². The predicted octanol–water partition coefficient (Wildman–Crippen LogP) is 0.0457. The van der Waals surface area contributed by atoms with Crippen molar-refractivity contribution < 1.29 is 13.2 Å². The van der Waals surface area contributed by atoms with Gasteiger partial charge in [0, 0.05) is 32.1 Å². The molecule has 20 heavy (non-hydrogen) atoms. The van der Waals surface area contributed by atoms with Gasteiger partial charge >= 0.3 is 0 Å². The maximum atomic E-state index is 12.0. The Labute approximate surface area is 121 Å². The third-order valence-corrected chi connectivity index (χ3v) is 5.98. The highest BCUT2D eigenvalue weighted by Crippen LogP contribution is 2.31. The normalized spacial score (nSPS) is 21.9. The molecule has 0 spiro atoms. The van der Waals surface area contributed by atoms with E-state index in [1.54, 1.807) is 0 Å². The molecule has 1 aliphatic carbocycles. The number of amides is 1. The van der Waals surface area contributed by atoms with Crippen molar-refractivity contribution in [1.82, 2.24) is 9.62 Å². The molecule has 0 aromatic rings. The molecule has 2 fully saturated rings. The monoisotopic (exact) mass is 303 g/mol. The molecular weight excluding hydrogens is 278 g/mol. The Bertz CT molecular complexity index is 428. The first kappa shape index (κ1) is 15.7. The third kappa shape index (κ3) is 4.71. The van der Waals surface area contributed by atoms with Crippen molar-refractivity contribution in [1.29, 1.82) is 0 Å². The lowest BCUT2D eigenvalue weighted by atomic mass is 10.2. The van der Waals surface area contributed by atoms with E-state index in [4.69, 9.17) is 5.73 Å². The summed E-state index contributed by atoms with van der Waals surface area (Å²) in [6.07, 6.45) is 4.83. The lowest BCUT2D eigenvalue weighted by Gasteiger charge is -2.15. The van der Waals surface area contributed by atoms with Crippen LogP contribution in [0.15, 0.2) is 0 Å². The highest BCUT2D eigenvalue weighted by atomic mass is 32.2. The van der Waals surface area contributed by atoms with E-state index in [9.17, 15) is 13.2 Å². The quantitative estimate of drug-likeness (QED) is 0.662.